The van der Waals surface area contributed by atoms with Crippen molar-refractivity contribution in [1.82, 2.24) is 14.7 Å². The van der Waals surface area contributed by atoms with Crippen LogP contribution < -0.4 is 4.74 Å². The molecule has 0 saturated carbocycles. The number of hydrogen-bond donors (Lipinski definition) is 1. The maximum Gasteiger partial charge on any atom is 0.410 e. The van der Waals surface area contributed by atoms with Gasteiger partial charge in [-0.25, -0.2) is 4.79 Å². The van der Waals surface area contributed by atoms with Crippen LogP contribution in [0.15, 0.2) is 24.3 Å². The number of likely N-dealkylation sites (N-methyl/N-ethyl adjacent to an activating group) is 1. The average Bonchev–Trinajstić information content (AvgIpc) is 3.08. The smallest absolute Gasteiger partial charge is 0.410 e. The number of methoxy groups -OCH3 is 1. The molecule has 0 bridgehead atoms. The summed E-state index contributed by atoms with van der Waals surface area (Å²) in [5.74, 6) is 0.385. The van der Waals surface area contributed by atoms with Crippen molar-refractivity contribution in [2.24, 2.45) is 5.41 Å². The summed E-state index contributed by atoms with van der Waals surface area (Å²) in [6, 6.07) is 7.51. The van der Waals surface area contributed by atoms with Crippen molar-refractivity contribution < 1.29 is 29.0 Å². The minimum absolute atomic E-state index is 0.0469. The van der Waals surface area contributed by atoms with E-state index in [1.54, 1.807) is 19.1 Å². The zero-order valence-corrected chi connectivity index (χ0v) is 16.8. The van der Waals surface area contributed by atoms with Gasteiger partial charge in [0.25, 0.3) is 0 Å². The van der Waals surface area contributed by atoms with E-state index in [1.165, 1.54) is 9.80 Å². The van der Waals surface area contributed by atoms with Gasteiger partial charge in [0.2, 0.25) is 11.8 Å². The molecule has 0 unspecified atom stereocenters. The molecule has 3 amide bonds. The average molecular weight is 405 g/mol. The number of cyclic esters (lactones) is 1. The lowest BCUT2D eigenvalue weighted by Crippen LogP contribution is -2.66. The van der Waals surface area contributed by atoms with Crippen LogP contribution in [0.25, 0.3) is 0 Å². The van der Waals surface area contributed by atoms with Crippen LogP contribution in [0.2, 0.25) is 0 Å². The maximum absolute atomic E-state index is 13.1. The van der Waals surface area contributed by atoms with Gasteiger partial charge in [-0.05, 0) is 24.1 Å². The van der Waals surface area contributed by atoms with Gasteiger partial charge in [-0.1, -0.05) is 12.1 Å². The van der Waals surface area contributed by atoms with E-state index in [1.807, 2.05) is 24.3 Å². The minimum atomic E-state index is -0.766. The Bertz CT molecular complexity index is 777. The van der Waals surface area contributed by atoms with E-state index in [-0.39, 0.29) is 51.2 Å². The number of likely N-dealkylation sites (tertiary alicyclic amines) is 1. The third kappa shape index (κ3) is 4.45. The lowest BCUT2D eigenvalue weighted by atomic mass is 9.73. The first-order chi connectivity index (χ1) is 13.9. The van der Waals surface area contributed by atoms with Gasteiger partial charge in [0.1, 0.15) is 18.9 Å². The number of nitrogens with zero attached hydrogens (tertiary/aromatic N) is 3. The van der Waals surface area contributed by atoms with Crippen molar-refractivity contribution in [3.63, 3.8) is 0 Å². The van der Waals surface area contributed by atoms with Crippen LogP contribution in [0.5, 0.6) is 5.75 Å². The molecule has 9 heteroatoms. The van der Waals surface area contributed by atoms with Crippen molar-refractivity contribution >= 4 is 17.9 Å². The second-order valence-corrected chi connectivity index (χ2v) is 7.54. The molecule has 0 spiro atoms. The van der Waals surface area contributed by atoms with Gasteiger partial charge in [-0.3, -0.25) is 14.5 Å². The quantitative estimate of drug-likeness (QED) is 0.652. The summed E-state index contributed by atoms with van der Waals surface area (Å²) < 4.78 is 10.1. The summed E-state index contributed by atoms with van der Waals surface area (Å²) in [7, 11) is 3.23. The van der Waals surface area contributed by atoms with Crippen molar-refractivity contribution in [2.45, 2.75) is 6.42 Å². The molecule has 9 nitrogen and oxygen atoms in total. The molecular weight excluding hydrogens is 378 g/mol. The summed E-state index contributed by atoms with van der Waals surface area (Å²) in [5.41, 5.74) is 0.169. The molecule has 1 aromatic rings. The number of hydrogen-bond acceptors (Lipinski definition) is 6. The second kappa shape index (κ2) is 8.69. The number of aliphatic hydroxyl groups is 1. The number of ether oxygens (including phenoxy) is 2. The van der Waals surface area contributed by atoms with Gasteiger partial charge in [0.05, 0.1) is 25.7 Å². The predicted octanol–water partition coefficient (Wildman–Crippen LogP) is -0.0308. The van der Waals surface area contributed by atoms with Crippen LogP contribution in [0.3, 0.4) is 0 Å². The second-order valence-electron chi connectivity index (χ2n) is 7.54. The molecule has 29 heavy (non-hydrogen) atoms. The van der Waals surface area contributed by atoms with Crippen LogP contribution in [0.1, 0.15) is 5.56 Å². The van der Waals surface area contributed by atoms with Gasteiger partial charge in [-0.15, -0.1) is 0 Å². The van der Waals surface area contributed by atoms with E-state index in [0.29, 0.717) is 18.7 Å². The lowest BCUT2D eigenvalue weighted by molar-refractivity contribution is -0.160. The Labute approximate surface area is 169 Å². The zero-order valence-electron chi connectivity index (χ0n) is 16.8. The normalized spacial score (nSPS) is 17.6. The third-order valence-electron chi connectivity index (χ3n) is 5.42. The summed E-state index contributed by atoms with van der Waals surface area (Å²) in [6.07, 6.45) is -0.0331. The fraction of sp³-hybridized carbons (Fsp3) is 0.550. The fourth-order valence-electron chi connectivity index (χ4n) is 3.85. The molecule has 2 fully saturated rings. The standard InChI is InChI=1S/C20H27N3O6/c1-21(6-8-24)18(26)20(11-15-4-3-5-16(10-15)28-2)13-23(14-20)17(25)12-22-7-9-29-19(22)27/h3-5,10,24H,6-9,11-14H2,1-2H3. The first-order valence-corrected chi connectivity index (χ1v) is 9.57. The maximum atomic E-state index is 13.1. The number of carbonyl (C=O) groups excluding carboxylic acids is 3. The van der Waals surface area contributed by atoms with Crippen molar-refractivity contribution in [3.8, 4) is 5.75 Å². The van der Waals surface area contributed by atoms with E-state index >= 15 is 0 Å². The number of aliphatic hydroxyl groups excluding tert-OH is 1. The summed E-state index contributed by atoms with van der Waals surface area (Å²) in [5, 5.41) is 9.20. The van der Waals surface area contributed by atoms with E-state index in [4.69, 9.17) is 9.47 Å². The molecule has 158 valence electrons. The molecule has 3 rings (SSSR count). The van der Waals surface area contributed by atoms with Gasteiger partial charge in [-0.2, -0.15) is 0 Å². The molecular formula is C20H27N3O6. The highest BCUT2D eigenvalue weighted by atomic mass is 16.6. The van der Waals surface area contributed by atoms with E-state index in [2.05, 4.69) is 0 Å². The largest absolute Gasteiger partial charge is 0.497 e. The molecule has 2 saturated heterocycles. The van der Waals surface area contributed by atoms with E-state index in [9.17, 15) is 19.5 Å². The Balaban J connectivity index is 1.72. The van der Waals surface area contributed by atoms with Gasteiger partial charge in [0.15, 0.2) is 0 Å². The first-order valence-electron chi connectivity index (χ1n) is 9.57. The zero-order chi connectivity index (χ0) is 21.0. The van der Waals surface area contributed by atoms with Crippen molar-refractivity contribution in [3.05, 3.63) is 29.8 Å². The Morgan fingerprint density at radius 1 is 1.34 bits per heavy atom. The Kier molecular flexibility index (Phi) is 6.26. The van der Waals surface area contributed by atoms with Gasteiger partial charge in [0, 0.05) is 26.7 Å². The highest BCUT2D eigenvalue weighted by molar-refractivity contribution is 5.89. The third-order valence-corrected chi connectivity index (χ3v) is 5.42. The molecule has 1 aromatic carbocycles. The molecule has 2 aliphatic heterocycles. The highest BCUT2D eigenvalue weighted by Crippen LogP contribution is 2.37. The Morgan fingerprint density at radius 2 is 2.10 bits per heavy atom. The number of rotatable bonds is 8. The number of benzene rings is 1. The van der Waals surface area contributed by atoms with Gasteiger partial charge < -0.3 is 24.4 Å². The van der Waals surface area contributed by atoms with Crippen LogP contribution in [-0.4, -0.2) is 97.8 Å². The van der Waals surface area contributed by atoms with Crippen molar-refractivity contribution in [1.29, 1.82) is 0 Å². The number of carbonyl (C=O) groups is 3. The SMILES string of the molecule is COc1cccc(CC2(C(=O)N(C)CCO)CN(C(=O)CN3CCOC3=O)C2)c1. The Morgan fingerprint density at radius 3 is 2.72 bits per heavy atom. The first kappa shape index (κ1) is 20.9. The summed E-state index contributed by atoms with van der Waals surface area (Å²) in [4.78, 5) is 41.7. The molecule has 1 N–H and O–H groups in total. The predicted molar refractivity (Wildman–Crippen MR) is 103 cm³/mol. The molecule has 2 aliphatic rings. The Hall–Kier alpha value is -2.81. The highest BCUT2D eigenvalue weighted by Gasteiger charge is 2.52. The van der Waals surface area contributed by atoms with E-state index < -0.39 is 11.5 Å². The topological polar surface area (TPSA) is 99.6 Å². The molecule has 0 radical (unpaired) electrons. The number of amides is 3. The van der Waals surface area contributed by atoms with Crippen LogP contribution in [0, 0.1) is 5.41 Å². The van der Waals surface area contributed by atoms with E-state index in [0.717, 1.165) is 5.56 Å². The fourth-order valence-corrected chi connectivity index (χ4v) is 3.85. The molecule has 2 heterocycles. The van der Waals surface area contributed by atoms with Gasteiger partial charge >= 0.3 is 6.09 Å². The van der Waals surface area contributed by atoms with Crippen LogP contribution in [-0.2, 0) is 20.7 Å². The monoisotopic (exact) mass is 405 g/mol. The molecule has 0 aliphatic carbocycles. The summed E-state index contributed by atoms with van der Waals surface area (Å²) >= 11 is 0. The molecule has 0 atom stereocenters. The summed E-state index contributed by atoms with van der Waals surface area (Å²) in [6.45, 7) is 1.27. The lowest BCUT2D eigenvalue weighted by Gasteiger charge is -2.50. The minimum Gasteiger partial charge on any atom is -0.497 e. The van der Waals surface area contributed by atoms with Crippen LogP contribution in [0.4, 0.5) is 4.79 Å². The van der Waals surface area contributed by atoms with Crippen molar-refractivity contribution in [2.75, 3.05) is 60.1 Å². The van der Waals surface area contributed by atoms with Crippen LogP contribution >= 0.6 is 0 Å². The molecule has 0 aromatic heterocycles.